The van der Waals surface area contributed by atoms with Crippen molar-refractivity contribution >= 4 is 10.4 Å². The third-order valence-electron chi connectivity index (χ3n) is 2.52. The van der Waals surface area contributed by atoms with Gasteiger partial charge < -0.3 is 9.29 Å². The zero-order chi connectivity index (χ0) is 15.8. The van der Waals surface area contributed by atoms with Gasteiger partial charge in [-0.15, -0.1) is 0 Å². The monoisotopic (exact) mass is 326 g/mol. The molecule has 0 atom stereocenters. The van der Waals surface area contributed by atoms with Crippen molar-refractivity contribution in [3.8, 4) is 11.4 Å². The normalized spacial score (nSPS) is 11.5. The molecule has 0 fully saturated rings. The molecule has 2 aromatic rings. The van der Waals surface area contributed by atoms with Crippen LogP contribution in [0.2, 0.25) is 0 Å². The highest BCUT2D eigenvalue weighted by Gasteiger charge is 2.06. The highest BCUT2D eigenvalue weighted by Crippen LogP contribution is 2.08. The van der Waals surface area contributed by atoms with Crippen LogP contribution in [0.4, 0.5) is 0 Å². The van der Waals surface area contributed by atoms with Gasteiger partial charge in [-0.05, 0) is 11.2 Å². The Bertz CT molecular complexity index is 678. The predicted octanol–water partition coefficient (Wildman–Crippen LogP) is -0.680. The minimum absolute atomic E-state index is 0.0119. The van der Waals surface area contributed by atoms with Gasteiger partial charge in [-0.2, -0.15) is 0 Å². The second kappa shape index (κ2) is 7.84. The first-order chi connectivity index (χ1) is 10.5. The first-order valence-corrected chi connectivity index (χ1v) is 7.69. The molecular weight excluding hydrogens is 312 g/mol. The Kier molecular flexibility index (Phi) is 5.83. The number of nitrogens with zero attached hydrogens (tertiary/aromatic N) is 4. The lowest BCUT2D eigenvalue weighted by Gasteiger charge is -2.06. The van der Waals surface area contributed by atoms with E-state index in [2.05, 4.69) is 19.2 Å². The van der Waals surface area contributed by atoms with Crippen molar-refractivity contribution in [2.45, 2.75) is 6.54 Å². The zero-order valence-electron chi connectivity index (χ0n) is 11.5. The van der Waals surface area contributed by atoms with Crippen LogP contribution in [0.5, 0.6) is 0 Å². The fraction of sp³-hybridized carbons (Fsp3) is 0.333. The van der Waals surface area contributed by atoms with Gasteiger partial charge in [0, 0.05) is 24.0 Å². The number of rotatable bonds is 8. The van der Waals surface area contributed by atoms with Crippen LogP contribution in [-0.4, -0.2) is 47.9 Å². The Balaban J connectivity index is 1.73. The Hall–Kier alpha value is -2.01. The standard InChI is InChI=1S/C12H14N4O5S/c17-22(18,19)21-9-8-20-7-6-16-5-2-11(10-15-16)12-13-3-1-4-14-12/h1-5,10H,6-9H2. The van der Waals surface area contributed by atoms with Gasteiger partial charge >= 0.3 is 0 Å². The number of aromatic nitrogens is 4. The molecule has 10 heteroatoms. The summed E-state index contributed by atoms with van der Waals surface area (Å²) >= 11 is 0. The van der Waals surface area contributed by atoms with Crippen molar-refractivity contribution in [1.29, 1.82) is 0 Å². The summed E-state index contributed by atoms with van der Waals surface area (Å²) in [6.07, 6.45) is 6.71. The average Bonchev–Trinajstić information content (AvgIpc) is 2.51. The van der Waals surface area contributed by atoms with Crippen LogP contribution >= 0.6 is 0 Å². The first kappa shape index (κ1) is 16.4. The molecule has 0 aliphatic carbocycles. The molecule has 2 heterocycles. The molecule has 0 N–H and O–H groups in total. The lowest BCUT2D eigenvalue weighted by Crippen LogP contribution is -2.39. The van der Waals surface area contributed by atoms with Crippen molar-refractivity contribution in [1.82, 2.24) is 15.1 Å². The molecule has 0 aliphatic rings. The van der Waals surface area contributed by atoms with Crippen molar-refractivity contribution in [2.24, 2.45) is 0 Å². The second-order valence-corrected chi connectivity index (χ2v) is 5.15. The number of hydrogen-bond acceptors (Lipinski definition) is 8. The quantitative estimate of drug-likeness (QED) is 0.271. The molecule has 22 heavy (non-hydrogen) atoms. The third kappa shape index (κ3) is 5.77. The van der Waals surface area contributed by atoms with E-state index in [0.717, 1.165) is 5.56 Å². The van der Waals surface area contributed by atoms with Crippen LogP contribution in [0.3, 0.4) is 0 Å². The lowest BCUT2D eigenvalue weighted by atomic mass is 10.3. The molecule has 0 aliphatic heterocycles. The maximum Gasteiger partial charge on any atom is 0.217 e. The summed E-state index contributed by atoms with van der Waals surface area (Å²) in [5.74, 6) is 0.592. The van der Waals surface area contributed by atoms with Crippen LogP contribution in [0, 0.1) is 0 Å². The van der Waals surface area contributed by atoms with Crippen molar-refractivity contribution in [2.75, 3.05) is 19.8 Å². The summed E-state index contributed by atoms with van der Waals surface area (Å²) in [6, 6.07) is 3.56. The SMILES string of the molecule is O=S(=O)([O-])OCCOCC[n+]1ccc(-c2ncccn2)cn1. The average molecular weight is 326 g/mol. The van der Waals surface area contributed by atoms with E-state index in [-0.39, 0.29) is 13.2 Å². The van der Waals surface area contributed by atoms with Gasteiger partial charge in [-0.1, -0.05) is 4.68 Å². The Labute approximate surface area is 127 Å². The topological polar surface area (TPSA) is 118 Å². The Morgan fingerprint density at radius 3 is 2.59 bits per heavy atom. The molecule has 0 saturated carbocycles. The molecule has 0 radical (unpaired) electrons. The van der Waals surface area contributed by atoms with E-state index in [9.17, 15) is 13.0 Å². The minimum atomic E-state index is -4.65. The zero-order valence-corrected chi connectivity index (χ0v) is 12.3. The van der Waals surface area contributed by atoms with E-state index in [1.807, 2.05) is 6.07 Å². The highest BCUT2D eigenvalue weighted by molar-refractivity contribution is 7.80. The molecule has 0 aromatic carbocycles. The summed E-state index contributed by atoms with van der Waals surface area (Å²) in [5.41, 5.74) is 0.798. The molecule has 2 rings (SSSR count). The molecule has 2 aromatic heterocycles. The Morgan fingerprint density at radius 1 is 1.18 bits per heavy atom. The van der Waals surface area contributed by atoms with Crippen LogP contribution in [0.25, 0.3) is 11.4 Å². The third-order valence-corrected chi connectivity index (χ3v) is 2.97. The van der Waals surface area contributed by atoms with E-state index in [0.29, 0.717) is 19.0 Å². The number of hydrogen-bond donors (Lipinski definition) is 0. The maximum atomic E-state index is 10.2. The van der Waals surface area contributed by atoms with Crippen LogP contribution in [0.15, 0.2) is 36.9 Å². The molecule has 0 saturated heterocycles. The Morgan fingerprint density at radius 2 is 1.95 bits per heavy atom. The van der Waals surface area contributed by atoms with E-state index >= 15 is 0 Å². The van der Waals surface area contributed by atoms with E-state index in [1.54, 1.807) is 35.5 Å². The van der Waals surface area contributed by atoms with Gasteiger partial charge in [0.05, 0.1) is 13.2 Å². The summed E-state index contributed by atoms with van der Waals surface area (Å²) in [5, 5.41) is 4.19. The van der Waals surface area contributed by atoms with Crippen molar-refractivity contribution in [3.63, 3.8) is 0 Å². The van der Waals surface area contributed by atoms with E-state index < -0.39 is 10.4 Å². The highest BCUT2D eigenvalue weighted by atomic mass is 32.3. The van der Waals surface area contributed by atoms with Crippen LogP contribution in [-0.2, 0) is 25.9 Å². The summed E-state index contributed by atoms with van der Waals surface area (Å²) in [6.45, 7) is 0.493. The summed E-state index contributed by atoms with van der Waals surface area (Å²) < 4.78 is 41.3. The molecule has 0 amide bonds. The lowest BCUT2D eigenvalue weighted by molar-refractivity contribution is -0.754. The van der Waals surface area contributed by atoms with Crippen LogP contribution in [0.1, 0.15) is 0 Å². The van der Waals surface area contributed by atoms with Gasteiger partial charge in [-0.25, -0.2) is 18.4 Å². The fourth-order valence-corrected chi connectivity index (χ4v) is 1.82. The van der Waals surface area contributed by atoms with E-state index in [1.165, 1.54) is 0 Å². The van der Waals surface area contributed by atoms with Gasteiger partial charge in [0.15, 0.2) is 18.6 Å². The number of ether oxygens (including phenoxy) is 1. The van der Waals surface area contributed by atoms with Gasteiger partial charge in [0.25, 0.3) is 0 Å². The van der Waals surface area contributed by atoms with Crippen LogP contribution < -0.4 is 4.68 Å². The summed E-state index contributed by atoms with van der Waals surface area (Å²) in [4.78, 5) is 8.24. The molecule has 0 unspecified atom stereocenters. The molecule has 0 spiro atoms. The predicted molar refractivity (Wildman–Crippen MR) is 71.9 cm³/mol. The largest absolute Gasteiger partial charge is 0.726 e. The second-order valence-electron chi connectivity index (χ2n) is 4.09. The van der Waals surface area contributed by atoms with Crippen molar-refractivity contribution < 1.29 is 26.6 Å². The first-order valence-electron chi connectivity index (χ1n) is 6.36. The maximum absolute atomic E-state index is 10.2. The molecular formula is C12H14N4O5S. The van der Waals surface area contributed by atoms with Crippen molar-refractivity contribution in [3.05, 3.63) is 36.9 Å². The molecule has 118 valence electrons. The minimum Gasteiger partial charge on any atom is -0.726 e. The van der Waals surface area contributed by atoms with Gasteiger partial charge in [-0.3, -0.25) is 4.18 Å². The van der Waals surface area contributed by atoms with Gasteiger partial charge in [0.1, 0.15) is 12.8 Å². The molecule has 0 bridgehead atoms. The summed E-state index contributed by atoms with van der Waals surface area (Å²) in [7, 11) is -4.65. The smallest absolute Gasteiger partial charge is 0.217 e. The molecule has 9 nitrogen and oxygen atoms in total. The van der Waals surface area contributed by atoms with E-state index in [4.69, 9.17) is 4.74 Å². The fourth-order valence-electron chi connectivity index (χ4n) is 1.55. The van der Waals surface area contributed by atoms with Gasteiger partial charge in [0.2, 0.25) is 10.4 Å².